The van der Waals surface area contributed by atoms with E-state index in [0.717, 1.165) is 49.9 Å². The number of nitrogens with zero attached hydrogens (tertiary/aromatic N) is 6. The van der Waals surface area contributed by atoms with E-state index in [4.69, 9.17) is 0 Å². The number of likely N-dealkylation sites (tertiary alicyclic amines) is 4. The number of aliphatic hydroxyl groups is 2. The number of aliphatic hydroxyl groups excluding tert-OH is 2. The molecule has 0 aliphatic carbocycles. The number of carbonyl (C=O) groups is 4. The van der Waals surface area contributed by atoms with Crippen molar-refractivity contribution in [1.29, 1.82) is 0 Å². The average molecular weight is 827 g/mol. The second kappa shape index (κ2) is 18.4. The average Bonchev–Trinajstić information content (AvgIpc) is 4.02. The SMILES string of the molecule is C/C=C/c1ccc2n(c1=O)C[C@@H]1[C@@H](CO)[C@H](C(=O)N3CCCCC3)N(C(=O)CC)[C@H]21.C/C=C\c1ccc2n(c1=O)C[C@@H]1[C@@H](CO)[C@H](C(=O)N3CCCCC3)N(C(=O)CC)[C@H]21. The third kappa shape index (κ3) is 7.47. The second-order valence-corrected chi connectivity index (χ2v) is 17.1. The molecule has 2 aromatic heterocycles. The van der Waals surface area contributed by atoms with E-state index in [1.54, 1.807) is 57.1 Å². The lowest BCUT2D eigenvalue weighted by atomic mass is 9.88. The zero-order chi connectivity index (χ0) is 42.8. The first-order chi connectivity index (χ1) is 29.1. The largest absolute Gasteiger partial charge is 0.396 e. The minimum Gasteiger partial charge on any atom is -0.396 e. The second-order valence-electron chi connectivity index (χ2n) is 17.1. The Morgan fingerprint density at radius 2 is 0.967 bits per heavy atom. The van der Waals surface area contributed by atoms with Crippen molar-refractivity contribution in [2.24, 2.45) is 23.7 Å². The van der Waals surface area contributed by atoms with Crippen LogP contribution < -0.4 is 11.1 Å². The summed E-state index contributed by atoms with van der Waals surface area (Å²) in [5.41, 5.74) is 2.59. The quantitative estimate of drug-likeness (QED) is 0.408. The van der Waals surface area contributed by atoms with Gasteiger partial charge in [0.1, 0.15) is 12.1 Å². The van der Waals surface area contributed by atoms with E-state index in [9.17, 15) is 39.0 Å². The predicted molar refractivity (Wildman–Crippen MR) is 227 cm³/mol. The number of allylic oxidation sites excluding steroid dienone is 2. The molecule has 14 nitrogen and oxygen atoms in total. The minimum absolute atomic E-state index is 0.0515. The molecule has 2 N–H and O–H groups in total. The maximum absolute atomic E-state index is 13.5. The highest BCUT2D eigenvalue weighted by Gasteiger charge is 2.59. The Kier molecular flexibility index (Phi) is 13.3. The molecule has 8 rings (SSSR count). The molecule has 4 amide bonds. The van der Waals surface area contributed by atoms with Crippen molar-refractivity contribution in [3.63, 3.8) is 0 Å². The van der Waals surface area contributed by atoms with Crippen molar-refractivity contribution < 1.29 is 29.4 Å². The first-order valence-electron chi connectivity index (χ1n) is 22.2. The van der Waals surface area contributed by atoms with E-state index in [1.807, 2.05) is 47.9 Å². The van der Waals surface area contributed by atoms with Crippen LogP contribution in [0.15, 0.2) is 46.0 Å². The van der Waals surface area contributed by atoms with Gasteiger partial charge in [-0.25, -0.2) is 0 Å². The third-order valence-corrected chi connectivity index (χ3v) is 13.9. The molecule has 4 saturated heterocycles. The van der Waals surface area contributed by atoms with Crippen molar-refractivity contribution in [1.82, 2.24) is 28.7 Å². The Hall–Kier alpha value is -4.82. The van der Waals surface area contributed by atoms with Crippen molar-refractivity contribution in [3.05, 3.63) is 79.6 Å². The van der Waals surface area contributed by atoms with E-state index < -0.39 is 12.1 Å². The number of piperidine rings is 2. The molecule has 324 valence electrons. The van der Waals surface area contributed by atoms with Crippen molar-refractivity contribution in [2.75, 3.05) is 39.4 Å². The Bertz CT molecular complexity index is 1980. The van der Waals surface area contributed by atoms with Gasteiger partial charge in [-0.1, -0.05) is 38.2 Å². The number of hydrogen-bond acceptors (Lipinski definition) is 8. The predicted octanol–water partition coefficient (Wildman–Crippen LogP) is 3.59. The monoisotopic (exact) mass is 826 g/mol. The first kappa shape index (κ1) is 43.3. The first-order valence-corrected chi connectivity index (χ1v) is 22.2. The Labute approximate surface area is 352 Å². The molecular weight excluding hydrogens is 765 g/mol. The summed E-state index contributed by atoms with van der Waals surface area (Å²) in [5, 5.41) is 20.6. The highest BCUT2D eigenvalue weighted by Crippen LogP contribution is 2.51. The number of rotatable bonds is 8. The van der Waals surface area contributed by atoms with Gasteiger partial charge in [-0.2, -0.15) is 0 Å². The van der Waals surface area contributed by atoms with E-state index in [2.05, 4.69) is 0 Å². The van der Waals surface area contributed by atoms with Gasteiger partial charge < -0.3 is 38.9 Å². The molecule has 4 fully saturated rings. The molecule has 14 heteroatoms. The van der Waals surface area contributed by atoms with Crippen LogP contribution in [0.5, 0.6) is 0 Å². The maximum Gasteiger partial charge on any atom is 0.258 e. The van der Waals surface area contributed by atoms with Gasteiger partial charge in [0.2, 0.25) is 23.6 Å². The van der Waals surface area contributed by atoms with Crippen LogP contribution in [0.25, 0.3) is 12.2 Å². The number of fused-ring (bicyclic) bond motifs is 6. The molecular formula is C46H62N6O8. The van der Waals surface area contributed by atoms with E-state index >= 15 is 0 Å². The third-order valence-electron chi connectivity index (χ3n) is 13.9. The highest BCUT2D eigenvalue weighted by atomic mass is 16.3. The van der Waals surface area contributed by atoms with Crippen LogP contribution in [0.2, 0.25) is 0 Å². The molecule has 6 aliphatic rings. The standard InChI is InChI=1S/2C23H31N3O4/c2*1-3-8-15-9-10-18-20-16(13-25(18)22(15)29)17(14-27)21(26(20)19(28)4-2)23(30)24-11-6-5-7-12-24/h2*3,8-10,16-17,20-21,27H,4-7,11-14H2,1-2H3/b8-3+;8-3-/t2*16-,17-,20+,21-/m11/s1. The van der Waals surface area contributed by atoms with Crippen molar-refractivity contribution >= 4 is 35.8 Å². The van der Waals surface area contributed by atoms with Gasteiger partial charge in [-0.05, 0) is 76.6 Å². The molecule has 0 aromatic carbocycles. The number of carbonyl (C=O) groups excluding carboxylic acids is 4. The highest BCUT2D eigenvalue weighted by molar-refractivity contribution is 5.90. The molecule has 8 heterocycles. The van der Waals surface area contributed by atoms with Crippen LogP contribution in [0, 0.1) is 23.7 Å². The molecule has 0 spiro atoms. The molecule has 0 saturated carbocycles. The fraction of sp³-hybridized carbons (Fsp3) is 0.609. The van der Waals surface area contributed by atoms with E-state index in [-0.39, 0.29) is 96.6 Å². The molecule has 0 unspecified atom stereocenters. The van der Waals surface area contributed by atoms with Gasteiger partial charge >= 0.3 is 0 Å². The lowest BCUT2D eigenvalue weighted by molar-refractivity contribution is -0.147. The fourth-order valence-electron chi connectivity index (χ4n) is 11.1. The Morgan fingerprint density at radius 1 is 0.600 bits per heavy atom. The Balaban J connectivity index is 0.000000181. The zero-order valence-electron chi connectivity index (χ0n) is 35.6. The van der Waals surface area contributed by atoms with Crippen LogP contribution in [-0.4, -0.2) is 114 Å². The fourth-order valence-corrected chi connectivity index (χ4v) is 11.1. The topological polar surface area (TPSA) is 166 Å². The number of pyridine rings is 2. The summed E-state index contributed by atoms with van der Waals surface area (Å²) in [6.45, 7) is 10.6. The number of aromatic nitrogens is 2. The molecule has 0 radical (unpaired) electrons. The van der Waals surface area contributed by atoms with Crippen LogP contribution >= 0.6 is 0 Å². The van der Waals surface area contributed by atoms with E-state index in [0.29, 0.717) is 50.4 Å². The summed E-state index contributed by atoms with van der Waals surface area (Å²) >= 11 is 0. The van der Waals surface area contributed by atoms with Gasteiger partial charge in [0, 0.05) is 112 Å². The van der Waals surface area contributed by atoms with Gasteiger partial charge in [0.25, 0.3) is 11.1 Å². The number of amides is 4. The van der Waals surface area contributed by atoms with E-state index in [1.165, 1.54) is 0 Å². The molecule has 8 atom stereocenters. The van der Waals surface area contributed by atoms with Crippen LogP contribution in [0.3, 0.4) is 0 Å². The van der Waals surface area contributed by atoms with Gasteiger partial charge in [-0.3, -0.25) is 28.8 Å². The smallest absolute Gasteiger partial charge is 0.258 e. The Morgan fingerprint density at radius 3 is 1.28 bits per heavy atom. The molecule has 60 heavy (non-hydrogen) atoms. The maximum atomic E-state index is 13.5. The summed E-state index contributed by atoms with van der Waals surface area (Å²) in [5.74, 6) is -1.33. The molecule has 0 bridgehead atoms. The lowest BCUT2D eigenvalue weighted by Gasteiger charge is -2.36. The van der Waals surface area contributed by atoms with Crippen LogP contribution in [-0.2, 0) is 32.3 Å². The normalized spacial score (nSPS) is 28.1. The summed E-state index contributed by atoms with van der Waals surface area (Å²) in [6.07, 6.45) is 13.9. The lowest BCUT2D eigenvalue weighted by Crippen LogP contribution is -2.52. The van der Waals surface area contributed by atoms with Crippen LogP contribution in [0.4, 0.5) is 0 Å². The van der Waals surface area contributed by atoms with Gasteiger partial charge in [0.15, 0.2) is 0 Å². The summed E-state index contributed by atoms with van der Waals surface area (Å²) in [7, 11) is 0. The number of hydrogen-bond donors (Lipinski definition) is 2. The minimum atomic E-state index is -0.658. The van der Waals surface area contributed by atoms with Gasteiger partial charge in [-0.15, -0.1) is 0 Å². The van der Waals surface area contributed by atoms with Crippen molar-refractivity contribution in [2.45, 2.75) is 116 Å². The van der Waals surface area contributed by atoms with Gasteiger partial charge in [0.05, 0.1) is 12.1 Å². The zero-order valence-corrected chi connectivity index (χ0v) is 35.6. The summed E-state index contributed by atoms with van der Waals surface area (Å²) in [4.78, 5) is 86.1. The van der Waals surface area contributed by atoms with Crippen LogP contribution in [0.1, 0.15) is 114 Å². The molecule has 2 aromatic rings. The summed E-state index contributed by atoms with van der Waals surface area (Å²) in [6, 6.07) is 5.38. The summed E-state index contributed by atoms with van der Waals surface area (Å²) < 4.78 is 3.45. The molecule has 6 aliphatic heterocycles. The van der Waals surface area contributed by atoms with Crippen molar-refractivity contribution in [3.8, 4) is 0 Å².